The number of aryl methyl sites for hydroxylation is 1. The molecule has 0 aromatic carbocycles. The molecule has 0 spiro atoms. The third-order valence-corrected chi connectivity index (χ3v) is 1.32. The molecule has 0 radical (unpaired) electrons. The van der Waals surface area contributed by atoms with Crippen LogP contribution in [0.1, 0.15) is 11.5 Å². The molecule has 0 atom stereocenters. The molecule has 0 saturated carbocycles. The van der Waals surface area contributed by atoms with Crippen molar-refractivity contribution in [2.75, 3.05) is 7.05 Å². The number of rotatable bonds is 1. The molecule has 0 fully saturated rings. The van der Waals surface area contributed by atoms with E-state index in [1.165, 1.54) is 6.39 Å². The first-order chi connectivity index (χ1) is 5.29. The van der Waals surface area contributed by atoms with Crippen LogP contribution < -0.4 is 11.3 Å². The van der Waals surface area contributed by atoms with Crippen molar-refractivity contribution >= 4 is 5.84 Å². The summed E-state index contributed by atoms with van der Waals surface area (Å²) in [5.41, 5.74) is 3.18. The Kier molecular flexibility index (Phi) is 2.22. The zero-order valence-electron chi connectivity index (χ0n) is 6.46. The zero-order chi connectivity index (χ0) is 8.27. The topological polar surface area (TPSA) is 76.4 Å². The molecule has 0 saturated heterocycles. The summed E-state index contributed by atoms with van der Waals surface area (Å²) in [5.74, 6) is 6.25. The van der Waals surface area contributed by atoms with E-state index < -0.39 is 0 Å². The monoisotopic (exact) mass is 154 g/mol. The fourth-order valence-corrected chi connectivity index (χ4v) is 0.761. The molecule has 0 aliphatic rings. The second-order valence-electron chi connectivity index (χ2n) is 1.98. The van der Waals surface area contributed by atoms with Crippen LogP contribution in [0.5, 0.6) is 0 Å². The zero-order valence-corrected chi connectivity index (χ0v) is 6.46. The molecule has 1 rings (SSSR count). The summed E-state index contributed by atoms with van der Waals surface area (Å²) >= 11 is 0. The van der Waals surface area contributed by atoms with E-state index in [1.807, 2.05) is 6.92 Å². The second-order valence-corrected chi connectivity index (χ2v) is 1.98. The molecule has 3 N–H and O–H groups in total. The number of aromatic nitrogens is 1. The van der Waals surface area contributed by atoms with Crippen LogP contribution in [0, 0.1) is 6.92 Å². The highest BCUT2D eigenvalue weighted by Gasteiger charge is 2.08. The van der Waals surface area contributed by atoms with Gasteiger partial charge in [-0.2, -0.15) is 0 Å². The Hall–Kier alpha value is -1.36. The number of nitrogens with two attached hydrogens (primary N) is 1. The Balaban J connectivity index is 3.00. The largest absolute Gasteiger partial charge is 0.440 e. The van der Waals surface area contributed by atoms with E-state index in [0.717, 1.165) is 5.69 Å². The van der Waals surface area contributed by atoms with Crippen LogP contribution in [-0.2, 0) is 0 Å². The van der Waals surface area contributed by atoms with Gasteiger partial charge in [-0.3, -0.25) is 4.99 Å². The predicted molar refractivity (Wildman–Crippen MR) is 41.0 cm³/mol. The molecule has 1 heterocycles. The van der Waals surface area contributed by atoms with E-state index in [4.69, 9.17) is 10.3 Å². The van der Waals surface area contributed by atoms with Crippen LogP contribution in [0.2, 0.25) is 0 Å². The number of nitrogens with one attached hydrogen (secondary N) is 1. The van der Waals surface area contributed by atoms with Crippen LogP contribution in [0.15, 0.2) is 15.8 Å². The molecule has 0 aliphatic carbocycles. The lowest BCUT2D eigenvalue weighted by atomic mass is 10.3. The predicted octanol–water partition coefficient (Wildman–Crippen LogP) is -0.177. The van der Waals surface area contributed by atoms with Crippen molar-refractivity contribution in [3.05, 3.63) is 17.8 Å². The second kappa shape index (κ2) is 3.16. The Bertz CT molecular complexity index is 265. The van der Waals surface area contributed by atoms with Gasteiger partial charge >= 0.3 is 0 Å². The van der Waals surface area contributed by atoms with Gasteiger partial charge in [0.25, 0.3) is 0 Å². The molecular formula is C6H10N4O. The van der Waals surface area contributed by atoms with Gasteiger partial charge in [-0.05, 0) is 6.92 Å². The molecule has 0 unspecified atom stereocenters. The first-order valence-corrected chi connectivity index (χ1v) is 3.13. The molecule has 1 aromatic rings. The molecule has 0 aliphatic heterocycles. The van der Waals surface area contributed by atoms with Crippen LogP contribution in [0.3, 0.4) is 0 Å². The third kappa shape index (κ3) is 1.38. The van der Waals surface area contributed by atoms with Crippen molar-refractivity contribution in [1.29, 1.82) is 0 Å². The number of nitrogens with zero attached hydrogens (tertiary/aromatic N) is 2. The van der Waals surface area contributed by atoms with Crippen molar-refractivity contribution in [2.24, 2.45) is 10.8 Å². The third-order valence-electron chi connectivity index (χ3n) is 1.32. The summed E-state index contributed by atoms with van der Waals surface area (Å²) in [7, 11) is 1.62. The smallest absolute Gasteiger partial charge is 0.193 e. The molecule has 1 aromatic heterocycles. The summed E-state index contributed by atoms with van der Waals surface area (Å²) in [5, 5.41) is 0. The molecule has 11 heavy (non-hydrogen) atoms. The normalized spacial score (nSPS) is 11.7. The first-order valence-electron chi connectivity index (χ1n) is 3.13. The molecule has 0 amide bonds. The minimum atomic E-state index is 0.500. The van der Waals surface area contributed by atoms with Crippen LogP contribution in [0.25, 0.3) is 0 Å². The molecule has 5 nitrogen and oxygen atoms in total. The van der Waals surface area contributed by atoms with Gasteiger partial charge in [0.1, 0.15) is 0 Å². The molecular weight excluding hydrogens is 144 g/mol. The first kappa shape index (κ1) is 7.74. The maximum absolute atomic E-state index is 5.17. The van der Waals surface area contributed by atoms with E-state index in [-0.39, 0.29) is 0 Å². The van der Waals surface area contributed by atoms with E-state index in [2.05, 4.69) is 15.4 Å². The number of hydrogen-bond donors (Lipinski definition) is 2. The van der Waals surface area contributed by atoms with Crippen molar-refractivity contribution in [2.45, 2.75) is 6.92 Å². The van der Waals surface area contributed by atoms with E-state index >= 15 is 0 Å². The minimum Gasteiger partial charge on any atom is -0.440 e. The highest BCUT2D eigenvalue weighted by molar-refractivity contribution is 5.96. The molecule has 5 heteroatoms. The number of amidine groups is 1. The fraction of sp³-hybridized carbons (Fsp3) is 0.333. The lowest BCUT2D eigenvalue weighted by Crippen LogP contribution is -2.31. The number of hydrazine groups is 1. The summed E-state index contributed by atoms with van der Waals surface area (Å²) in [6.45, 7) is 1.82. The number of oxazole rings is 1. The maximum Gasteiger partial charge on any atom is 0.193 e. The Morgan fingerprint density at radius 3 is 2.91 bits per heavy atom. The van der Waals surface area contributed by atoms with Gasteiger partial charge in [0.15, 0.2) is 18.0 Å². The van der Waals surface area contributed by atoms with Gasteiger partial charge in [-0.15, -0.1) is 0 Å². The standard InChI is InChI=1S/C6H10N4O/c1-4-5(11-3-9-4)6(8-2)10-7/h3H,7H2,1-2H3,(H,8,10). The van der Waals surface area contributed by atoms with Gasteiger partial charge in [0.2, 0.25) is 0 Å². The van der Waals surface area contributed by atoms with Gasteiger partial charge < -0.3 is 9.84 Å². The summed E-state index contributed by atoms with van der Waals surface area (Å²) in [6.07, 6.45) is 1.35. The lowest BCUT2D eigenvalue weighted by molar-refractivity contribution is 0.544. The highest BCUT2D eigenvalue weighted by Crippen LogP contribution is 2.03. The van der Waals surface area contributed by atoms with Crippen LogP contribution in [-0.4, -0.2) is 17.9 Å². The molecule has 60 valence electrons. The summed E-state index contributed by atoms with van der Waals surface area (Å²) < 4.78 is 5.02. The van der Waals surface area contributed by atoms with Gasteiger partial charge in [0.05, 0.1) is 5.69 Å². The lowest BCUT2D eigenvalue weighted by Gasteiger charge is -1.99. The van der Waals surface area contributed by atoms with E-state index in [1.54, 1.807) is 7.05 Å². The summed E-state index contributed by atoms with van der Waals surface area (Å²) in [6, 6.07) is 0. The summed E-state index contributed by atoms with van der Waals surface area (Å²) in [4.78, 5) is 7.75. The average Bonchev–Trinajstić information content (AvgIpc) is 2.40. The van der Waals surface area contributed by atoms with Crippen LogP contribution >= 0.6 is 0 Å². The minimum absolute atomic E-state index is 0.500. The van der Waals surface area contributed by atoms with Gasteiger partial charge in [0, 0.05) is 7.05 Å². The van der Waals surface area contributed by atoms with Crippen molar-refractivity contribution in [3.63, 3.8) is 0 Å². The van der Waals surface area contributed by atoms with Gasteiger partial charge in [-0.25, -0.2) is 10.8 Å². The molecule has 0 bridgehead atoms. The van der Waals surface area contributed by atoms with Crippen molar-refractivity contribution in [3.8, 4) is 0 Å². The SMILES string of the molecule is CN=C(NN)c1ocnc1C. The average molecular weight is 154 g/mol. The number of hydrogen-bond acceptors (Lipinski definition) is 4. The van der Waals surface area contributed by atoms with Gasteiger partial charge in [-0.1, -0.05) is 0 Å². The van der Waals surface area contributed by atoms with Crippen molar-refractivity contribution in [1.82, 2.24) is 10.4 Å². The maximum atomic E-state index is 5.17. The van der Waals surface area contributed by atoms with E-state index in [9.17, 15) is 0 Å². The quantitative estimate of drug-likeness (QED) is 0.255. The Morgan fingerprint density at radius 2 is 2.55 bits per heavy atom. The number of aliphatic imine (C=N–C) groups is 1. The van der Waals surface area contributed by atoms with Crippen molar-refractivity contribution < 1.29 is 4.42 Å². The Morgan fingerprint density at radius 1 is 1.82 bits per heavy atom. The van der Waals surface area contributed by atoms with Crippen LogP contribution in [0.4, 0.5) is 0 Å². The highest BCUT2D eigenvalue weighted by atomic mass is 16.3. The van der Waals surface area contributed by atoms with E-state index in [0.29, 0.717) is 11.6 Å². The fourth-order valence-electron chi connectivity index (χ4n) is 0.761. The Labute approximate surface area is 64.3 Å².